The minimum atomic E-state index is -0.477. The lowest BCUT2D eigenvalue weighted by Crippen LogP contribution is -2.38. The van der Waals surface area contributed by atoms with E-state index in [2.05, 4.69) is 16.4 Å². The topological polar surface area (TPSA) is 59.9 Å². The molecule has 3 aromatic rings. The monoisotopic (exact) mass is 400 g/mol. The van der Waals surface area contributed by atoms with Gasteiger partial charge in [0.15, 0.2) is 6.10 Å². The van der Waals surface area contributed by atoms with Gasteiger partial charge in [-0.3, -0.25) is 4.99 Å². The summed E-state index contributed by atoms with van der Waals surface area (Å²) in [5.41, 5.74) is 3.89. The molecule has 0 amide bonds. The molecular weight excluding hydrogens is 376 g/mol. The van der Waals surface area contributed by atoms with Crippen molar-refractivity contribution < 1.29 is 14.3 Å². The van der Waals surface area contributed by atoms with Crippen LogP contribution in [0.3, 0.4) is 0 Å². The molecule has 0 fully saturated rings. The summed E-state index contributed by atoms with van der Waals surface area (Å²) >= 11 is 0. The highest BCUT2D eigenvalue weighted by molar-refractivity contribution is 6.02. The van der Waals surface area contributed by atoms with Crippen LogP contribution in [-0.2, 0) is 11.3 Å². The fourth-order valence-corrected chi connectivity index (χ4v) is 3.25. The SMILES string of the molecule is Cc1ccc(C(=O)OC(CNC2=NCc3ccccc32)COc2ccccc2)cc1. The number of benzene rings is 3. The molecule has 3 aromatic carbocycles. The van der Waals surface area contributed by atoms with Gasteiger partial charge in [-0.25, -0.2) is 4.79 Å². The van der Waals surface area contributed by atoms with Crippen LogP contribution in [0.2, 0.25) is 0 Å². The predicted molar refractivity (Wildman–Crippen MR) is 117 cm³/mol. The maximum absolute atomic E-state index is 12.6. The first-order valence-corrected chi connectivity index (χ1v) is 10.0. The molecule has 0 aromatic heterocycles. The van der Waals surface area contributed by atoms with Crippen LogP contribution < -0.4 is 10.1 Å². The third-order valence-electron chi connectivity index (χ3n) is 4.92. The summed E-state index contributed by atoms with van der Waals surface area (Å²) in [5.74, 6) is 1.19. The summed E-state index contributed by atoms with van der Waals surface area (Å²) in [4.78, 5) is 17.2. The van der Waals surface area contributed by atoms with Gasteiger partial charge in [0.25, 0.3) is 0 Å². The first kappa shape index (κ1) is 19.7. The molecule has 1 heterocycles. The number of nitrogens with zero attached hydrogens (tertiary/aromatic N) is 1. The average molecular weight is 400 g/mol. The number of amidine groups is 1. The number of carbonyl (C=O) groups is 1. The molecule has 1 atom stereocenters. The highest BCUT2D eigenvalue weighted by Crippen LogP contribution is 2.17. The van der Waals surface area contributed by atoms with Crippen molar-refractivity contribution in [1.82, 2.24) is 5.32 Å². The zero-order valence-corrected chi connectivity index (χ0v) is 16.9. The molecule has 0 aliphatic carbocycles. The van der Waals surface area contributed by atoms with Crippen molar-refractivity contribution in [1.29, 1.82) is 0 Å². The third-order valence-corrected chi connectivity index (χ3v) is 4.92. The molecule has 4 rings (SSSR count). The number of hydrogen-bond donors (Lipinski definition) is 1. The Morgan fingerprint density at radius 1 is 1.00 bits per heavy atom. The Morgan fingerprint density at radius 2 is 1.73 bits per heavy atom. The number of aliphatic imine (C=N–C) groups is 1. The van der Waals surface area contributed by atoms with Crippen molar-refractivity contribution in [3.05, 3.63) is 101 Å². The van der Waals surface area contributed by atoms with Crippen molar-refractivity contribution in [2.45, 2.75) is 19.6 Å². The van der Waals surface area contributed by atoms with Crippen LogP contribution in [0, 0.1) is 6.92 Å². The van der Waals surface area contributed by atoms with Gasteiger partial charge in [-0.05, 0) is 36.8 Å². The highest BCUT2D eigenvalue weighted by atomic mass is 16.6. The molecule has 0 saturated carbocycles. The second kappa shape index (κ2) is 9.27. The first-order chi connectivity index (χ1) is 14.7. The fourth-order valence-electron chi connectivity index (χ4n) is 3.25. The predicted octanol–water partition coefficient (Wildman–Crippen LogP) is 4.15. The van der Waals surface area contributed by atoms with Gasteiger partial charge in [0, 0.05) is 5.56 Å². The summed E-state index contributed by atoms with van der Waals surface area (Å²) in [6, 6.07) is 25.0. The molecular formula is C25H24N2O3. The van der Waals surface area contributed by atoms with E-state index in [0.717, 1.165) is 22.7 Å². The lowest BCUT2D eigenvalue weighted by Gasteiger charge is -2.20. The van der Waals surface area contributed by atoms with E-state index in [0.29, 0.717) is 18.7 Å². The van der Waals surface area contributed by atoms with E-state index in [1.807, 2.05) is 67.6 Å². The molecule has 152 valence electrons. The molecule has 30 heavy (non-hydrogen) atoms. The van der Waals surface area contributed by atoms with Gasteiger partial charge in [-0.2, -0.15) is 0 Å². The molecule has 1 unspecified atom stereocenters. The van der Waals surface area contributed by atoms with Gasteiger partial charge in [-0.15, -0.1) is 0 Å². The normalized spacial score (nSPS) is 13.2. The number of fused-ring (bicyclic) bond motifs is 1. The molecule has 5 nitrogen and oxygen atoms in total. The maximum Gasteiger partial charge on any atom is 0.338 e. The Hall–Kier alpha value is -3.60. The summed E-state index contributed by atoms with van der Waals surface area (Å²) in [6.45, 7) is 3.28. The molecule has 1 aliphatic heterocycles. The van der Waals surface area contributed by atoms with Crippen molar-refractivity contribution in [2.24, 2.45) is 4.99 Å². The van der Waals surface area contributed by atoms with E-state index in [9.17, 15) is 4.79 Å². The Balaban J connectivity index is 1.42. The van der Waals surface area contributed by atoms with Crippen LogP contribution >= 0.6 is 0 Å². The van der Waals surface area contributed by atoms with Crippen LogP contribution in [-0.4, -0.2) is 31.1 Å². The number of carbonyl (C=O) groups excluding carboxylic acids is 1. The molecule has 1 aliphatic rings. The van der Waals surface area contributed by atoms with Crippen molar-refractivity contribution >= 4 is 11.8 Å². The number of para-hydroxylation sites is 1. The highest BCUT2D eigenvalue weighted by Gasteiger charge is 2.20. The second-order valence-electron chi connectivity index (χ2n) is 7.22. The maximum atomic E-state index is 12.6. The van der Waals surface area contributed by atoms with E-state index in [4.69, 9.17) is 9.47 Å². The van der Waals surface area contributed by atoms with Crippen LogP contribution in [0.25, 0.3) is 0 Å². The van der Waals surface area contributed by atoms with Crippen LogP contribution in [0.15, 0.2) is 83.9 Å². The first-order valence-electron chi connectivity index (χ1n) is 10.0. The van der Waals surface area contributed by atoms with Crippen molar-refractivity contribution in [3.8, 4) is 5.75 Å². The summed E-state index contributed by atoms with van der Waals surface area (Å²) in [5, 5.41) is 3.33. The van der Waals surface area contributed by atoms with E-state index in [1.165, 1.54) is 5.56 Å². The lowest BCUT2D eigenvalue weighted by molar-refractivity contribution is 0.0189. The van der Waals surface area contributed by atoms with Gasteiger partial charge >= 0.3 is 5.97 Å². The summed E-state index contributed by atoms with van der Waals surface area (Å²) in [7, 11) is 0. The summed E-state index contributed by atoms with van der Waals surface area (Å²) in [6.07, 6.45) is -0.477. The van der Waals surface area contributed by atoms with Crippen LogP contribution in [0.1, 0.15) is 27.0 Å². The summed E-state index contributed by atoms with van der Waals surface area (Å²) < 4.78 is 11.6. The molecule has 5 heteroatoms. The standard InChI is InChI=1S/C25H24N2O3/c1-18-11-13-19(14-12-18)25(28)30-22(17-29-21-8-3-2-4-9-21)16-27-24-23-10-6-5-7-20(23)15-26-24/h2-14,22H,15-17H2,1H3,(H,26,27). The van der Waals surface area contributed by atoms with Gasteiger partial charge in [-0.1, -0.05) is 60.2 Å². The van der Waals surface area contributed by atoms with E-state index >= 15 is 0 Å². The van der Waals surface area contributed by atoms with E-state index in [1.54, 1.807) is 12.1 Å². The zero-order valence-electron chi connectivity index (χ0n) is 16.9. The van der Waals surface area contributed by atoms with Crippen LogP contribution in [0.4, 0.5) is 0 Å². The molecule has 0 spiro atoms. The molecule has 1 N–H and O–H groups in total. The molecule has 0 saturated heterocycles. The molecule has 0 radical (unpaired) electrons. The fraction of sp³-hybridized carbons (Fsp3) is 0.200. The number of esters is 1. The number of hydrogen-bond acceptors (Lipinski definition) is 5. The lowest BCUT2D eigenvalue weighted by atomic mass is 10.1. The Labute approximate surface area is 176 Å². The number of nitrogens with one attached hydrogen (secondary N) is 1. The quantitative estimate of drug-likeness (QED) is 0.606. The second-order valence-corrected chi connectivity index (χ2v) is 7.22. The van der Waals surface area contributed by atoms with Crippen molar-refractivity contribution in [2.75, 3.05) is 13.2 Å². The van der Waals surface area contributed by atoms with E-state index < -0.39 is 6.10 Å². The Kier molecular flexibility index (Phi) is 6.09. The van der Waals surface area contributed by atoms with Gasteiger partial charge in [0.05, 0.1) is 18.7 Å². The van der Waals surface area contributed by atoms with E-state index in [-0.39, 0.29) is 12.6 Å². The van der Waals surface area contributed by atoms with Gasteiger partial charge in [0.2, 0.25) is 0 Å². The molecule has 0 bridgehead atoms. The largest absolute Gasteiger partial charge is 0.490 e. The van der Waals surface area contributed by atoms with Gasteiger partial charge < -0.3 is 14.8 Å². The number of ether oxygens (including phenoxy) is 2. The van der Waals surface area contributed by atoms with Gasteiger partial charge in [0.1, 0.15) is 18.2 Å². The third kappa shape index (κ3) is 4.87. The Morgan fingerprint density at radius 3 is 2.53 bits per heavy atom. The minimum absolute atomic E-state index is 0.240. The average Bonchev–Trinajstić information content (AvgIpc) is 3.20. The van der Waals surface area contributed by atoms with Crippen molar-refractivity contribution in [3.63, 3.8) is 0 Å². The number of aryl methyl sites for hydroxylation is 1. The zero-order chi connectivity index (χ0) is 20.8. The number of rotatable bonds is 7. The minimum Gasteiger partial charge on any atom is -0.490 e. The Bertz CT molecular complexity index is 1030. The smallest absolute Gasteiger partial charge is 0.338 e. The van der Waals surface area contributed by atoms with Crippen LogP contribution in [0.5, 0.6) is 5.75 Å².